The van der Waals surface area contributed by atoms with Gasteiger partial charge in [0.1, 0.15) is 16.4 Å². The average Bonchev–Trinajstić information content (AvgIpc) is 2.96. The molecule has 6 nitrogen and oxygen atoms in total. The Morgan fingerprint density at radius 2 is 2.00 bits per heavy atom. The van der Waals surface area contributed by atoms with Gasteiger partial charge in [0.05, 0.1) is 5.69 Å². The Morgan fingerprint density at radius 3 is 2.67 bits per heavy atom. The van der Waals surface area contributed by atoms with E-state index in [2.05, 4.69) is 4.72 Å². The van der Waals surface area contributed by atoms with Crippen LogP contribution in [0.15, 0.2) is 35.4 Å². The third-order valence-corrected chi connectivity index (χ3v) is 5.38. The fourth-order valence-corrected chi connectivity index (χ4v) is 3.80. The maximum absolute atomic E-state index is 13.9. The molecule has 0 fully saturated rings. The highest BCUT2D eigenvalue weighted by molar-refractivity contribution is 7.92. The fraction of sp³-hybridized carbons (Fsp3) is 0.312. The molecular formula is C16H18FN3O3S. The second-order valence-electron chi connectivity index (χ2n) is 5.73. The molecule has 0 aliphatic carbocycles. The Hall–Kier alpha value is -2.35. The second-order valence-corrected chi connectivity index (χ2v) is 7.41. The molecule has 1 amide bonds. The van der Waals surface area contributed by atoms with Crippen LogP contribution in [0.25, 0.3) is 0 Å². The van der Waals surface area contributed by atoms with Gasteiger partial charge in [-0.25, -0.2) is 12.8 Å². The molecule has 24 heavy (non-hydrogen) atoms. The van der Waals surface area contributed by atoms with E-state index in [-0.39, 0.29) is 16.5 Å². The first-order valence-corrected chi connectivity index (χ1v) is 9.08. The molecule has 0 atom stereocenters. The number of benzene rings is 1. The molecule has 0 saturated heterocycles. The van der Waals surface area contributed by atoms with Gasteiger partial charge in [0.2, 0.25) is 0 Å². The van der Waals surface area contributed by atoms with Crippen molar-refractivity contribution in [3.8, 4) is 0 Å². The predicted molar refractivity (Wildman–Crippen MR) is 88.0 cm³/mol. The fourth-order valence-electron chi connectivity index (χ4n) is 2.69. The summed E-state index contributed by atoms with van der Waals surface area (Å²) in [5.41, 5.74) is 0.902. The lowest BCUT2D eigenvalue weighted by Crippen LogP contribution is -2.39. The number of nitrogens with zero attached hydrogens (tertiary/aromatic N) is 2. The Morgan fingerprint density at radius 1 is 1.25 bits per heavy atom. The van der Waals surface area contributed by atoms with Crippen molar-refractivity contribution >= 4 is 21.6 Å². The van der Waals surface area contributed by atoms with E-state index in [1.165, 1.54) is 24.4 Å². The van der Waals surface area contributed by atoms with Crippen molar-refractivity contribution in [1.82, 2.24) is 9.47 Å². The monoisotopic (exact) mass is 351 g/mol. The summed E-state index contributed by atoms with van der Waals surface area (Å²) < 4.78 is 42.7. The van der Waals surface area contributed by atoms with Crippen molar-refractivity contribution in [2.45, 2.75) is 25.3 Å². The van der Waals surface area contributed by atoms with Crippen LogP contribution in [0.4, 0.5) is 10.1 Å². The van der Waals surface area contributed by atoms with Crippen LogP contribution in [0.2, 0.25) is 0 Å². The molecule has 8 heteroatoms. The lowest BCUT2D eigenvalue weighted by molar-refractivity contribution is 0.0715. The van der Waals surface area contributed by atoms with Gasteiger partial charge in [0, 0.05) is 25.8 Å². The van der Waals surface area contributed by atoms with Gasteiger partial charge >= 0.3 is 0 Å². The molecular weight excluding hydrogens is 333 g/mol. The predicted octanol–water partition coefficient (Wildman–Crippen LogP) is 2.21. The van der Waals surface area contributed by atoms with E-state index in [1.807, 2.05) is 6.92 Å². The van der Waals surface area contributed by atoms with E-state index in [0.29, 0.717) is 30.9 Å². The second kappa shape index (κ2) is 5.94. The highest BCUT2D eigenvalue weighted by atomic mass is 32.2. The Labute approximate surface area is 139 Å². The standard InChI is InChI=1S/C16H18FN3O3S/c1-3-19-6-7-20-10-12(9-15(20)16(19)21)24(22,23)18-14-5-4-11(2)8-13(14)17/h4-5,8-10,18H,3,6-7H2,1-2H3. The minimum absolute atomic E-state index is 0.0521. The van der Waals surface area contributed by atoms with Crippen LogP contribution < -0.4 is 4.72 Å². The number of fused-ring (bicyclic) bond motifs is 1. The molecule has 1 aromatic carbocycles. The van der Waals surface area contributed by atoms with Crippen LogP contribution in [0.3, 0.4) is 0 Å². The van der Waals surface area contributed by atoms with Gasteiger partial charge in [0.15, 0.2) is 0 Å². The third-order valence-electron chi connectivity index (χ3n) is 4.05. The number of amides is 1. The summed E-state index contributed by atoms with van der Waals surface area (Å²) in [6, 6.07) is 5.58. The van der Waals surface area contributed by atoms with Crippen molar-refractivity contribution in [3.05, 3.63) is 47.5 Å². The van der Waals surface area contributed by atoms with E-state index in [1.54, 1.807) is 22.5 Å². The number of carbonyl (C=O) groups is 1. The summed E-state index contributed by atoms with van der Waals surface area (Å²) >= 11 is 0. The zero-order valence-corrected chi connectivity index (χ0v) is 14.2. The first-order valence-electron chi connectivity index (χ1n) is 7.60. The lowest BCUT2D eigenvalue weighted by atomic mass is 10.2. The van der Waals surface area contributed by atoms with Crippen molar-refractivity contribution in [2.75, 3.05) is 17.8 Å². The number of rotatable bonds is 4. The molecule has 0 unspecified atom stereocenters. The van der Waals surface area contributed by atoms with Crippen molar-refractivity contribution < 1.29 is 17.6 Å². The highest BCUT2D eigenvalue weighted by Gasteiger charge is 2.27. The van der Waals surface area contributed by atoms with Crippen LogP contribution in [0, 0.1) is 12.7 Å². The number of aryl methyl sites for hydroxylation is 1. The molecule has 0 spiro atoms. The number of carbonyl (C=O) groups excluding carboxylic acids is 1. The molecule has 0 bridgehead atoms. The van der Waals surface area contributed by atoms with Crippen LogP contribution in [-0.2, 0) is 16.6 Å². The molecule has 1 aliphatic rings. The maximum atomic E-state index is 13.9. The molecule has 1 N–H and O–H groups in total. The van der Waals surface area contributed by atoms with Crippen LogP contribution >= 0.6 is 0 Å². The number of sulfonamides is 1. The van der Waals surface area contributed by atoms with Gasteiger partial charge in [0.25, 0.3) is 15.9 Å². The van der Waals surface area contributed by atoms with E-state index >= 15 is 0 Å². The quantitative estimate of drug-likeness (QED) is 0.918. The lowest BCUT2D eigenvalue weighted by Gasteiger charge is -2.26. The molecule has 1 aromatic heterocycles. The van der Waals surface area contributed by atoms with Crippen LogP contribution in [0.5, 0.6) is 0 Å². The van der Waals surface area contributed by atoms with Crippen LogP contribution in [0.1, 0.15) is 23.0 Å². The van der Waals surface area contributed by atoms with Gasteiger partial charge < -0.3 is 9.47 Å². The zero-order valence-electron chi connectivity index (χ0n) is 13.4. The smallest absolute Gasteiger partial charge is 0.270 e. The largest absolute Gasteiger partial charge is 0.340 e. The number of nitrogens with one attached hydrogen (secondary N) is 1. The molecule has 2 aromatic rings. The van der Waals surface area contributed by atoms with E-state index in [0.717, 1.165) is 0 Å². The first-order chi connectivity index (χ1) is 11.3. The van der Waals surface area contributed by atoms with E-state index < -0.39 is 15.8 Å². The van der Waals surface area contributed by atoms with E-state index in [9.17, 15) is 17.6 Å². The summed E-state index contributed by atoms with van der Waals surface area (Å²) in [6.45, 7) is 5.23. The van der Waals surface area contributed by atoms with Gasteiger partial charge in [-0.3, -0.25) is 9.52 Å². The Balaban J connectivity index is 1.93. The molecule has 3 rings (SSSR count). The Bertz CT molecular complexity index is 905. The van der Waals surface area contributed by atoms with Crippen molar-refractivity contribution in [3.63, 3.8) is 0 Å². The number of halogens is 1. The summed E-state index contributed by atoms with van der Waals surface area (Å²) in [5, 5.41) is 0. The van der Waals surface area contributed by atoms with Crippen molar-refractivity contribution in [1.29, 1.82) is 0 Å². The van der Waals surface area contributed by atoms with Gasteiger partial charge in [-0.05, 0) is 37.6 Å². The molecule has 0 radical (unpaired) electrons. The number of hydrogen-bond acceptors (Lipinski definition) is 3. The topological polar surface area (TPSA) is 71.4 Å². The number of aromatic nitrogens is 1. The number of likely N-dealkylation sites (N-methyl/N-ethyl adjacent to an activating group) is 1. The zero-order chi connectivity index (χ0) is 17.5. The number of hydrogen-bond donors (Lipinski definition) is 1. The van der Waals surface area contributed by atoms with Crippen LogP contribution in [-0.4, -0.2) is 36.9 Å². The van der Waals surface area contributed by atoms with Gasteiger partial charge in [-0.1, -0.05) is 6.07 Å². The minimum atomic E-state index is -3.97. The van der Waals surface area contributed by atoms with Crippen molar-refractivity contribution in [2.24, 2.45) is 0 Å². The summed E-state index contributed by atoms with van der Waals surface area (Å²) in [4.78, 5) is 13.9. The SMILES string of the molecule is CCN1CCn2cc(S(=O)(=O)Nc3ccc(C)cc3F)cc2C1=O. The summed E-state index contributed by atoms with van der Waals surface area (Å²) in [7, 11) is -3.97. The molecule has 128 valence electrons. The number of anilines is 1. The molecule has 0 saturated carbocycles. The first kappa shape index (κ1) is 16.5. The summed E-state index contributed by atoms with van der Waals surface area (Å²) in [6.07, 6.45) is 1.41. The highest BCUT2D eigenvalue weighted by Crippen LogP contribution is 2.23. The minimum Gasteiger partial charge on any atom is -0.340 e. The molecule has 2 heterocycles. The maximum Gasteiger partial charge on any atom is 0.270 e. The molecule has 1 aliphatic heterocycles. The van der Waals surface area contributed by atoms with E-state index in [4.69, 9.17) is 0 Å². The summed E-state index contributed by atoms with van der Waals surface area (Å²) in [5.74, 6) is -0.845. The Kier molecular flexibility index (Phi) is 4.08. The average molecular weight is 351 g/mol. The third kappa shape index (κ3) is 2.89. The van der Waals surface area contributed by atoms with Gasteiger partial charge in [-0.15, -0.1) is 0 Å². The van der Waals surface area contributed by atoms with Gasteiger partial charge in [-0.2, -0.15) is 0 Å². The normalized spacial score (nSPS) is 14.6.